The van der Waals surface area contributed by atoms with E-state index in [1.165, 1.54) is 12.8 Å². The molecule has 2 aromatic rings. The van der Waals surface area contributed by atoms with E-state index >= 15 is 0 Å². The minimum absolute atomic E-state index is 0.0184. The molecular weight excluding hydrogens is 340 g/mol. The van der Waals surface area contributed by atoms with Gasteiger partial charge in [-0.2, -0.15) is 0 Å². The van der Waals surface area contributed by atoms with Crippen molar-refractivity contribution in [2.75, 3.05) is 18.4 Å². The van der Waals surface area contributed by atoms with Crippen molar-refractivity contribution in [3.63, 3.8) is 0 Å². The first kappa shape index (κ1) is 19.0. The van der Waals surface area contributed by atoms with Crippen LogP contribution in [0.5, 0.6) is 5.75 Å². The molecule has 142 valence electrons. The van der Waals surface area contributed by atoms with Crippen LogP contribution in [0.1, 0.15) is 43.0 Å². The average molecular weight is 366 g/mol. The summed E-state index contributed by atoms with van der Waals surface area (Å²) < 4.78 is 5.91. The first-order valence-corrected chi connectivity index (χ1v) is 9.56. The van der Waals surface area contributed by atoms with Crippen molar-refractivity contribution in [1.29, 1.82) is 0 Å². The molecule has 5 heteroatoms. The topological polar surface area (TPSA) is 58.6 Å². The minimum atomic E-state index is -0.631. The molecule has 1 aliphatic heterocycles. The van der Waals surface area contributed by atoms with E-state index in [1.54, 1.807) is 31.2 Å². The Hall–Kier alpha value is -2.82. The number of hydrogen-bond acceptors (Lipinski definition) is 3. The zero-order chi connectivity index (χ0) is 19.1. The number of carbonyl (C=O) groups excluding carboxylic acids is 2. The van der Waals surface area contributed by atoms with Crippen molar-refractivity contribution in [2.45, 2.75) is 38.7 Å². The van der Waals surface area contributed by atoms with Gasteiger partial charge in [0.1, 0.15) is 5.75 Å². The summed E-state index contributed by atoms with van der Waals surface area (Å²) >= 11 is 0. The Morgan fingerprint density at radius 3 is 2.26 bits per heavy atom. The van der Waals surface area contributed by atoms with Crippen molar-refractivity contribution in [3.8, 4) is 5.75 Å². The van der Waals surface area contributed by atoms with Gasteiger partial charge in [0, 0.05) is 18.8 Å². The van der Waals surface area contributed by atoms with E-state index in [0.29, 0.717) is 17.0 Å². The maximum atomic E-state index is 12.7. The van der Waals surface area contributed by atoms with Gasteiger partial charge in [-0.3, -0.25) is 9.59 Å². The highest BCUT2D eigenvalue weighted by atomic mass is 16.5. The van der Waals surface area contributed by atoms with Crippen LogP contribution in [-0.2, 0) is 4.79 Å². The van der Waals surface area contributed by atoms with Crippen LogP contribution in [0.25, 0.3) is 0 Å². The molecule has 0 spiro atoms. The number of para-hydroxylation sites is 2. The van der Waals surface area contributed by atoms with Crippen molar-refractivity contribution in [2.24, 2.45) is 0 Å². The molecule has 3 rings (SSSR count). The molecular formula is C22H26N2O3. The number of anilines is 1. The third-order valence-electron chi connectivity index (χ3n) is 4.73. The van der Waals surface area contributed by atoms with E-state index in [1.807, 2.05) is 35.2 Å². The van der Waals surface area contributed by atoms with Gasteiger partial charge in [0.25, 0.3) is 11.8 Å². The minimum Gasteiger partial charge on any atom is -0.480 e. The van der Waals surface area contributed by atoms with Crippen molar-refractivity contribution >= 4 is 17.5 Å². The molecule has 0 unspecified atom stereocenters. The van der Waals surface area contributed by atoms with Crippen LogP contribution in [0.2, 0.25) is 0 Å². The number of amides is 2. The quantitative estimate of drug-likeness (QED) is 0.866. The summed E-state index contributed by atoms with van der Waals surface area (Å²) in [6.45, 7) is 3.31. The van der Waals surface area contributed by atoms with Crippen LogP contribution in [0.3, 0.4) is 0 Å². The van der Waals surface area contributed by atoms with Crippen LogP contribution >= 0.6 is 0 Å². The van der Waals surface area contributed by atoms with E-state index in [0.717, 1.165) is 25.9 Å². The van der Waals surface area contributed by atoms with E-state index in [2.05, 4.69) is 5.32 Å². The largest absolute Gasteiger partial charge is 0.480 e. The molecule has 1 aliphatic rings. The molecule has 1 N–H and O–H groups in total. The number of nitrogens with zero attached hydrogens (tertiary/aromatic N) is 1. The van der Waals surface area contributed by atoms with Gasteiger partial charge in [-0.25, -0.2) is 0 Å². The molecule has 0 aromatic heterocycles. The van der Waals surface area contributed by atoms with E-state index < -0.39 is 6.10 Å². The predicted octanol–water partition coefficient (Wildman–Crippen LogP) is 4.11. The fourth-order valence-corrected chi connectivity index (χ4v) is 3.27. The summed E-state index contributed by atoms with van der Waals surface area (Å²) in [7, 11) is 0. The Balaban J connectivity index is 1.69. The Bertz CT molecular complexity index is 768. The number of benzene rings is 2. The van der Waals surface area contributed by atoms with Crippen LogP contribution in [0.15, 0.2) is 54.6 Å². The Kier molecular flexibility index (Phi) is 6.47. The lowest BCUT2D eigenvalue weighted by molar-refractivity contribution is -0.137. The smallest absolute Gasteiger partial charge is 0.263 e. The van der Waals surface area contributed by atoms with Crippen LogP contribution in [-0.4, -0.2) is 35.9 Å². The van der Waals surface area contributed by atoms with Crippen molar-refractivity contribution in [1.82, 2.24) is 4.90 Å². The highest BCUT2D eigenvalue weighted by molar-refractivity contribution is 6.06. The summed E-state index contributed by atoms with van der Waals surface area (Å²) in [6.07, 6.45) is 3.78. The lowest BCUT2D eigenvalue weighted by atomic mass is 10.1. The SMILES string of the molecule is C[C@H](Oc1ccccc1C(=O)Nc1ccccc1)C(=O)N1CCCCCC1. The summed E-state index contributed by atoms with van der Waals surface area (Å²) in [5.74, 6) is 0.142. The highest BCUT2D eigenvalue weighted by Crippen LogP contribution is 2.22. The zero-order valence-electron chi connectivity index (χ0n) is 15.7. The van der Waals surface area contributed by atoms with Gasteiger partial charge in [-0.05, 0) is 44.0 Å². The summed E-state index contributed by atoms with van der Waals surface area (Å²) in [5, 5.41) is 2.86. The standard InChI is InChI=1S/C22H26N2O3/c1-17(22(26)24-15-9-2-3-10-16-24)27-20-14-8-7-13-19(20)21(25)23-18-11-5-4-6-12-18/h4-8,11-14,17H,2-3,9-10,15-16H2,1H3,(H,23,25)/t17-/m0/s1. The molecule has 1 fully saturated rings. The molecule has 0 bridgehead atoms. The summed E-state index contributed by atoms with van der Waals surface area (Å²) in [6, 6.07) is 16.3. The zero-order valence-corrected chi connectivity index (χ0v) is 15.7. The molecule has 2 amide bonds. The van der Waals surface area contributed by atoms with Gasteiger partial charge >= 0.3 is 0 Å². The van der Waals surface area contributed by atoms with Gasteiger partial charge in [-0.15, -0.1) is 0 Å². The predicted molar refractivity (Wildman–Crippen MR) is 106 cm³/mol. The molecule has 0 radical (unpaired) electrons. The molecule has 2 aromatic carbocycles. The lowest BCUT2D eigenvalue weighted by Gasteiger charge is -2.25. The molecule has 1 heterocycles. The lowest BCUT2D eigenvalue weighted by Crippen LogP contribution is -2.41. The molecule has 27 heavy (non-hydrogen) atoms. The Morgan fingerprint density at radius 2 is 1.56 bits per heavy atom. The normalized spacial score (nSPS) is 15.5. The number of ether oxygens (including phenoxy) is 1. The number of nitrogens with one attached hydrogen (secondary N) is 1. The monoisotopic (exact) mass is 366 g/mol. The maximum Gasteiger partial charge on any atom is 0.263 e. The van der Waals surface area contributed by atoms with E-state index in [9.17, 15) is 9.59 Å². The Labute approximate surface area is 160 Å². The number of likely N-dealkylation sites (tertiary alicyclic amines) is 1. The molecule has 5 nitrogen and oxygen atoms in total. The Morgan fingerprint density at radius 1 is 0.926 bits per heavy atom. The van der Waals surface area contributed by atoms with Crippen molar-refractivity contribution < 1.29 is 14.3 Å². The highest BCUT2D eigenvalue weighted by Gasteiger charge is 2.24. The second kappa shape index (κ2) is 9.21. The van der Waals surface area contributed by atoms with Gasteiger partial charge in [0.15, 0.2) is 6.10 Å². The number of hydrogen-bond donors (Lipinski definition) is 1. The summed E-state index contributed by atoms with van der Waals surface area (Å²) in [4.78, 5) is 27.3. The van der Waals surface area contributed by atoms with Crippen LogP contribution in [0.4, 0.5) is 5.69 Å². The molecule has 1 atom stereocenters. The van der Waals surface area contributed by atoms with Gasteiger partial charge in [-0.1, -0.05) is 43.2 Å². The van der Waals surface area contributed by atoms with E-state index in [4.69, 9.17) is 4.74 Å². The third kappa shape index (κ3) is 5.09. The van der Waals surface area contributed by atoms with E-state index in [-0.39, 0.29) is 11.8 Å². The van der Waals surface area contributed by atoms with Crippen LogP contribution in [0, 0.1) is 0 Å². The van der Waals surface area contributed by atoms with Gasteiger partial charge in [0.05, 0.1) is 5.56 Å². The first-order valence-electron chi connectivity index (χ1n) is 9.56. The molecule has 0 aliphatic carbocycles. The fourth-order valence-electron chi connectivity index (χ4n) is 3.27. The second-order valence-electron chi connectivity index (χ2n) is 6.82. The summed E-state index contributed by atoms with van der Waals surface area (Å²) in [5.41, 5.74) is 1.13. The second-order valence-corrected chi connectivity index (χ2v) is 6.82. The third-order valence-corrected chi connectivity index (χ3v) is 4.73. The van der Waals surface area contributed by atoms with Gasteiger partial charge < -0.3 is 15.0 Å². The molecule has 0 saturated carbocycles. The number of rotatable bonds is 5. The van der Waals surface area contributed by atoms with Gasteiger partial charge in [0.2, 0.25) is 0 Å². The first-order chi connectivity index (χ1) is 13.1. The van der Waals surface area contributed by atoms with Crippen LogP contribution < -0.4 is 10.1 Å². The number of carbonyl (C=O) groups is 2. The average Bonchev–Trinajstić information content (AvgIpc) is 2.98. The van der Waals surface area contributed by atoms with Crippen molar-refractivity contribution in [3.05, 3.63) is 60.2 Å². The fraction of sp³-hybridized carbons (Fsp3) is 0.364. The molecule has 1 saturated heterocycles. The maximum absolute atomic E-state index is 12.7.